The van der Waals surface area contributed by atoms with Crippen molar-refractivity contribution < 1.29 is 4.74 Å². The Kier molecular flexibility index (Phi) is 7.79. The predicted octanol–water partition coefficient (Wildman–Crippen LogP) is 2.39. The van der Waals surface area contributed by atoms with Crippen molar-refractivity contribution in [3.05, 3.63) is 18.2 Å². The van der Waals surface area contributed by atoms with Gasteiger partial charge in [0.15, 0.2) is 5.96 Å². The highest BCUT2D eigenvalue weighted by molar-refractivity contribution is 14.0. The van der Waals surface area contributed by atoms with Crippen molar-refractivity contribution in [2.75, 3.05) is 20.1 Å². The summed E-state index contributed by atoms with van der Waals surface area (Å²) in [5, 5.41) is 3.40. The maximum absolute atomic E-state index is 6.07. The smallest absolute Gasteiger partial charge is 0.194 e. The van der Waals surface area contributed by atoms with Crippen molar-refractivity contribution in [1.82, 2.24) is 19.8 Å². The number of hydrogen-bond donors (Lipinski definition) is 1. The van der Waals surface area contributed by atoms with E-state index < -0.39 is 0 Å². The molecule has 1 aliphatic heterocycles. The number of rotatable bonds is 3. The van der Waals surface area contributed by atoms with Gasteiger partial charge in [0, 0.05) is 39.6 Å². The number of likely N-dealkylation sites (tertiary alicyclic amines) is 1. The summed E-state index contributed by atoms with van der Waals surface area (Å²) in [5.74, 6) is 1.95. The molecule has 2 heterocycles. The van der Waals surface area contributed by atoms with Crippen LogP contribution < -0.4 is 5.32 Å². The number of halogens is 1. The van der Waals surface area contributed by atoms with Crippen LogP contribution in [0.5, 0.6) is 0 Å². The molecule has 0 radical (unpaired) electrons. The van der Waals surface area contributed by atoms with Gasteiger partial charge in [0.1, 0.15) is 5.82 Å². The summed E-state index contributed by atoms with van der Waals surface area (Å²) in [6, 6.07) is 0. The maximum atomic E-state index is 6.07. The lowest BCUT2D eigenvalue weighted by Gasteiger charge is -2.36. The van der Waals surface area contributed by atoms with Gasteiger partial charge in [-0.25, -0.2) is 4.98 Å². The number of ether oxygens (including phenoxy) is 1. The first kappa shape index (κ1) is 20.2. The minimum Gasteiger partial charge on any atom is -0.372 e. The molecule has 0 atom stereocenters. The summed E-state index contributed by atoms with van der Waals surface area (Å²) in [7, 11) is 3.83. The fourth-order valence-electron chi connectivity index (χ4n) is 2.74. The number of aromatic nitrogens is 2. The molecule has 0 saturated carbocycles. The summed E-state index contributed by atoms with van der Waals surface area (Å²) in [4.78, 5) is 11.0. The number of hydrogen-bond acceptors (Lipinski definition) is 3. The third-order valence-electron chi connectivity index (χ3n) is 3.80. The second-order valence-electron chi connectivity index (χ2n) is 6.77. The Morgan fingerprint density at radius 2 is 2.04 bits per heavy atom. The normalized spacial score (nSPS) is 17.1. The van der Waals surface area contributed by atoms with Crippen LogP contribution >= 0.6 is 24.0 Å². The lowest BCUT2D eigenvalue weighted by atomic mass is 10.1. The fourth-order valence-corrected chi connectivity index (χ4v) is 2.74. The first-order chi connectivity index (χ1) is 10.4. The maximum Gasteiger partial charge on any atom is 0.194 e. The molecule has 132 valence electrons. The Morgan fingerprint density at radius 3 is 2.52 bits per heavy atom. The monoisotopic (exact) mass is 435 g/mol. The largest absolute Gasteiger partial charge is 0.372 e. The quantitative estimate of drug-likeness (QED) is 0.450. The van der Waals surface area contributed by atoms with E-state index in [2.05, 4.69) is 41.0 Å². The number of nitrogens with zero attached hydrogens (tertiary/aromatic N) is 4. The van der Waals surface area contributed by atoms with E-state index in [9.17, 15) is 0 Å². The molecule has 0 aromatic carbocycles. The van der Waals surface area contributed by atoms with E-state index in [1.165, 1.54) is 0 Å². The van der Waals surface area contributed by atoms with Crippen molar-refractivity contribution in [1.29, 1.82) is 0 Å². The van der Waals surface area contributed by atoms with Gasteiger partial charge < -0.3 is 19.5 Å². The minimum atomic E-state index is -0.0645. The van der Waals surface area contributed by atoms with E-state index in [0.29, 0.717) is 12.6 Å². The van der Waals surface area contributed by atoms with E-state index in [0.717, 1.165) is 37.7 Å². The molecule has 2 rings (SSSR count). The second-order valence-corrected chi connectivity index (χ2v) is 6.77. The fraction of sp³-hybridized carbons (Fsp3) is 0.750. The van der Waals surface area contributed by atoms with Crippen LogP contribution in [0.1, 0.15) is 39.4 Å². The highest BCUT2D eigenvalue weighted by Crippen LogP contribution is 2.20. The lowest BCUT2D eigenvalue weighted by Crippen LogP contribution is -2.47. The molecule has 1 fully saturated rings. The number of guanidine groups is 1. The zero-order chi connectivity index (χ0) is 16.2. The van der Waals surface area contributed by atoms with Crippen LogP contribution in [-0.2, 0) is 18.3 Å². The van der Waals surface area contributed by atoms with Gasteiger partial charge in [-0.2, -0.15) is 0 Å². The van der Waals surface area contributed by atoms with Crippen LogP contribution in [0.25, 0.3) is 0 Å². The summed E-state index contributed by atoms with van der Waals surface area (Å²) < 4.78 is 8.09. The molecule has 1 saturated heterocycles. The van der Waals surface area contributed by atoms with Crippen LogP contribution in [0.2, 0.25) is 0 Å². The van der Waals surface area contributed by atoms with E-state index in [1.54, 1.807) is 0 Å². The highest BCUT2D eigenvalue weighted by Gasteiger charge is 2.25. The molecular formula is C16H30IN5O. The van der Waals surface area contributed by atoms with Crippen molar-refractivity contribution in [2.24, 2.45) is 12.0 Å². The van der Waals surface area contributed by atoms with Gasteiger partial charge in [-0.3, -0.25) is 4.99 Å². The molecule has 0 aliphatic carbocycles. The van der Waals surface area contributed by atoms with Gasteiger partial charge in [-0.15, -0.1) is 24.0 Å². The highest BCUT2D eigenvalue weighted by atomic mass is 127. The van der Waals surface area contributed by atoms with Gasteiger partial charge >= 0.3 is 0 Å². The molecule has 0 bridgehead atoms. The van der Waals surface area contributed by atoms with E-state index >= 15 is 0 Å². The van der Waals surface area contributed by atoms with E-state index in [1.807, 2.05) is 31.1 Å². The van der Waals surface area contributed by atoms with Gasteiger partial charge in [-0.05, 0) is 33.6 Å². The van der Waals surface area contributed by atoms with Crippen LogP contribution in [0, 0.1) is 0 Å². The first-order valence-electron chi connectivity index (χ1n) is 7.98. The molecule has 0 amide bonds. The SMILES string of the molecule is CN=C(NCc1nccn1C)N1CCC(OC(C)(C)C)CC1.I. The van der Waals surface area contributed by atoms with E-state index in [4.69, 9.17) is 4.74 Å². The van der Waals surface area contributed by atoms with Gasteiger partial charge in [0.2, 0.25) is 0 Å². The third-order valence-corrected chi connectivity index (χ3v) is 3.80. The molecule has 23 heavy (non-hydrogen) atoms. The van der Waals surface area contributed by atoms with Crippen LogP contribution in [-0.4, -0.2) is 52.3 Å². The number of aliphatic imine (C=N–C) groups is 1. The topological polar surface area (TPSA) is 54.7 Å². The molecule has 6 nitrogen and oxygen atoms in total. The summed E-state index contributed by atoms with van der Waals surface area (Å²) in [6.45, 7) is 8.99. The molecule has 1 aliphatic rings. The predicted molar refractivity (Wildman–Crippen MR) is 104 cm³/mol. The van der Waals surface area contributed by atoms with Gasteiger partial charge in [0.05, 0.1) is 18.2 Å². The van der Waals surface area contributed by atoms with Crippen LogP contribution in [0.15, 0.2) is 17.4 Å². The Morgan fingerprint density at radius 1 is 1.39 bits per heavy atom. The Hall–Kier alpha value is -0.830. The van der Waals surface area contributed by atoms with Crippen LogP contribution in [0.4, 0.5) is 0 Å². The Balaban J connectivity index is 0.00000264. The first-order valence-corrected chi connectivity index (χ1v) is 7.98. The van der Waals surface area contributed by atoms with Crippen molar-refractivity contribution in [3.63, 3.8) is 0 Å². The standard InChI is InChI=1S/C16H29N5O.HI/c1-16(2,3)22-13-6-9-21(10-7-13)15(17-4)19-12-14-18-8-11-20(14)5;/h8,11,13H,6-7,9-10,12H2,1-5H3,(H,17,19);1H. The number of piperidine rings is 1. The number of aryl methyl sites for hydroxylation is 1. The molecule has 1 aromatic rings. The molecule has 1 aromatic heterocycles. The molecule has 7 heteroatoms. The van der Waals surface area contributed by atoms with Crippen molar-refractivity contribution in [3.8, 4) is 0 Å². The molecule has 0 spiro atoms. The minimum absolute atomic E-state index is 0. The zero-order valence-corrected chi connectivity index (χ0v) is 17.2. The Bertz CT molecular complexity index is 501. The summed E-state index contributed by atoms with van der Waals surface area (Å²) in [5.41, 5.74) is -0.0645. The molecular weight excluding hydrogens is 405 g/mol. The third kappa shape index (κ3) is 6.29. The summed E-state index contributed by atoms with van der Waals surface area (Å²) >= 11 is 0. The number of imidazole rings is 1. The average Bonchev–Trinajstić information content (AvgIpc) is 2.85. The van der Waals surface area contributed by atoms with Gasteiger partial charge in [-0.1, -0.05) is 0 Å². The zero-order valence-electron chi connectivity index (χ0n) is 14.9. The molecule has 0 unspecified atom stereocenters. The second kappa shape index (κ2) is 8.86. The molecule has 1 N–H and O–H groups in total. The Labute approximate surface area is 156 Å². The van der Waals surface area contributed by atoms with Crippen molar-refractivity contribution >= 4 is 29.9 Å². The van der Waals surface area contributed by atoms with Crippen molar-refractivity contribution in [2.45, 2.75) is 51.9 Å². The number of nitrogens with one attached hydrogen (secondary N) is 1. The van der Waals surface area contributed by atoms with E-state index in [-0.39, 0.29) is 29.6 Å². The lowest BCUT2D eigenvalue weighted by molar-refractivity contribution is -0.0772. The average molecular weight is 435 g/mol. The van der Waals surface area contributed by atoms with Crippen LogP contribution in [0.3, 0.4) is 0 Å². The van der Waals surface area contributed by atoms with Gasteiger partial charge in [0.25, 0.3) is 0 Å². The summed E-state index contributed by atoms with van der Waals surface area (Å²) in [6.07, 6.45) is 6.20.